The number of halogens is 1. The first-order valence-corrected chi connectivity index (χ1v) is 6.85. The molecule has 0 fully saturated rings. The first-order chi connectivity index (χ1) is 9.67. The molecule has 0 saturated heterocycles. The van der Waals surface area contributed by atoms with Gasteiger partial charge in [-0.15, -0.1) is 0 Å². The second kappa shape index (κ2) is 6.64. The third-order valence-electron chi connectivity index (χ3n) is 3.31. The highest BCUT2D eigenvalue weighted by molar-refractivity contribution is 6.31. The Morgan fingerprint density at radius 2 is 1.90 bits per heavy atom. The average molecular weight is 291 g/mol. The van der Waals surface area contributed by atoms with Gasteiger partial charge in [-0.25, -0.2) is 0 Å². The molecule has 0 saturated carbocycles. The highest BCUT2D eigenvalue weighted by Crippen LogP contribution is 2.28. The summed E-state index contributed by atoms with van der Waals surface area (Å²) in [5.74, 6) is 0.885. The van der Waals surface area contributed by atoms with Crippen molar-refractivity contribution in [3.8, 4) is 5.75 Å². The van der Waals surface area contributed by atoms with Gasteiger partial charge in [0, 0.05) is 42.0 Å². The van der Waals surface area contributed by atoms with Crippen LogP contribution in [0, 0.1) is 0 Å². The van der Waals surface area contributed by atoms with Crippen molar-refractivity contribution in [2.75, 3.05) is 19.1 Å². The highest BCUT2D eigenvalue weighted by atomic mass is 35.5. The van der Waals surface area contributed by atoms with Gasteiger partial charge in [0.15, 0.2) is 0 Å². The van der Waals surface area contributed by atoms with E-state index in [0.717, 1.165) is 29.1 Å². The predicted octanol–water partition coefficient (Wildman–Crippen LogP) is 3.44. The lowest BCUT2D eigenvalue weighted by Crippen LogP contribution is -2.19. The number of rotatable bonds is 5. The Labute approximate surface area is 124 Å². The fraction of sp³-hybridized carbons (Fsp3) is 0.250. The molecule has 0 aliphatic heterocycles. The van der Waals surface area contributed by atoms with Crippen LogP contribution < -0.4 is 15.4 Å². The SMILES string of the molecule is COc1ccccc1CN(C)c1cccc(Cl)c1CN. The lowest BCUT2D eigenvalue weighted by molar-refractivity contribution is 0.409. The number of hydrogen-bond donors (Lipinski definition) is 1. The second-order valence-electron chi connectivity index (χ2n) is 4.61. The van der Waals surface area contributed by atoms with E-state index in [9.17, 15) is 0 Å². The van der Waals surface area contributed by atoms with E-state index < -0.39 is 0 Å². The van der Waals surface area contributed by atoms with Crippen LogP contribution in [0.25, 0.3) is 0 Å². The topological polar surface area (TPSA) is 38.5 Å². The van der Waals surface area contributed by atoms with Crippen LogP contribution in [0.15, 0.2) is 42.5 Å². The van der Waals surface area contributed by atoms with Crippen molar-refractivity contribution in [2.45, 2.75) is 13.1 Å². The summed E-state index contributed by atoms with van der Waals surface area (Å²) in [4.78, 5) is 2.13. The molecule has 2 rings (SSSR count). The number of anilines is 1. The summed E-state index contributed by atoms with van der Waals surface area (Å²) in [6, 6.07) is 13.8. The Bertz CT molecular complexity index is 586. The van der Waals surface area contributed by atoms with Crippen molar-refractivity contribution >= 4 is 17.3 Å². The van der Waals surface area contributed by atoms with Crippen molar-refractivity contribution in [3.05, 3.63) is 58.6 Å². The molecule has 0 spiro atoms. The van der Waals surface area contributed by atoms with E-state index in [1.54, 1.807) is 7.11 Å². The van der Waals surface area contributed by atoms with Crippen LogP contribution in [0.4, 0.5) is 5.69 Å². The van der Waals surface area contributed by atoms with Crippen LogP contribution in [-0.2, 0) is 13.1 Å². The second-order valence-corrected chi connectivity index (χ2v) is 5.02. The van der Waals surface area contributed by atoms with E-state index >= 15 is 0 Å². The molecular weight excluding hydrogens is 272 g/mol. The van der Waals surface area contributed by atoms with Gasteiger partial charge in [-0.05, 0) is 18.2 Å². The van der Waals surface area contributed by atoms with Crippen LogP contribution >= 0.6 is 11.6 Å². The molecule has 0 bridgehead atoms. The number of methoxy groups -OCH3 is 1. The van der Waals surface area contributed by atoms with Gasteiger partial charge in [-0.3, -0.25) is 0 Å². The summed E-state index contributed by atoms with van der Waals surface area (Å²) >= 11 is 6.20. The van der Waals surface area contributed by atoms with Crippen molar-refractivity contribution in [2.24, 2.45) is 5.73 Å². The maximum Gasteiger partial charge on any atom is 0.123 e. The van der Waals surface area contributed by atoms with E-state index in [1.165, 1.54) is 0 Å². The molecule has 2 aromatic rings. The molecule has 4 heteroatoms. The van der Waals surface area contributed by atoms with Crippen molar-refractivity contribution in [1.29, 1.82) is 0 Å². The minimum atomic E-state index is 0.422. The zero-order valence-corrected chi connectivity index (χ0v) is 12.5. The minimum Gasteiger partial charge on any atom is -0.496 e. The smallest absolute Gasteiger partial charge is 0.123 e. The lowest BCUT2D eigenvalue weighted by atomic mass is 10.1. The molecule has 0 aliphatic rings. The lowest BCUT2D eigenvalue weighted by Gasteiger charge is -2.23. The number of para-hydroxylation sites is 1. The van der Waals surface area contributed by atoms with Crippen LogP contribution in [-0.4, -0.2) is 14.2 Å². The predicted molar refractivity (Wildman–Crippen MR) is 84.4 cm³/mol. The Morgan fingerprint density at radius 1 is 1.15 bits per heavy atom. The standard InChI is InChI=1S/C16H19ClN2O/c1-19(11-12-6-3-4-9-16(12)20-2)15-8-5-7-14(17)13(15)10-18/h3-9H,10-11,18H2,1-2H3. The zero-order valence-electron chi connectivity index (χ0n) is 11.8. The largest absolute Gasteiger partial charge is 0.496 e. The quantitative estimate of drug-likeness (QED) is 0.917. The molecule has 2 aromatic carbocycles. The minimum absolute atomic E-state index is 0.422. The van der Waals surface area contributed by atoms with Crippen LogP contribution in [0.1, 0.15) is 11.1 Å². The number of ether oxygens (including phenoxy) is 1. The van der Waals surface area contributed by atoms with Gasteiger partial charge >= 0.3 is 0 Å². The molecule has 0 amide bonds. The Morgan fingerprint density at radius 3 is 2.60 bits per heavy atom. The molecule has 0 unspecified atom stereocenters. The van der Waals surface area contributed by atoms with E-state index in [-0.39, 0.29) is 0 Å². The van der Waals surface area contributed by atoms with Crippen molar-refractivity contribution in [3.63, 3.8) is 0 Å². The van der Waals surface area contributed by atoms with E-state index in [0.29, 0.717) is 11.6 Å². The van der Waals surface area contributed by atoms with Gasteiger partial charge in [0.25, 0.3) is 0 Å². The average Bonchev–Trinajstić information content (AvgIpc) is 2.47. The summed E-state index contributed by atoms with van der Waals surface area (Å²) in [6.07, 6.45) is 0. The summed E-state index contributed by atoms with van der Waals surface area (Å²) in [7, 11) is 3.71. The first-order valence-electron chi connectivity index (χ1n) is 6.48. The molecule has 0 radical (unpaired) electrons. The number of nitrogens with zero attached hydrogens (tertiary/aromatic N) is 1. The van der Waals surface area contributed by atoms with Gasteiger partial charge in [0.2, 0.25) is 0 Å². The molecule has 0 aliphatic carbocycles. The van der Waals surface area contributed by atoms with Crippen LogP contribution in [0.2, 0.25) is 5.02 Å². The molecule has 106 valence electrons. The Kier molecular flexibility index (Phi) is 4.88. The zero-order chi connectivity index (χ0) is 14.5. The van der Waals surface area contributed by atoms with Gasteiger partial charge in [0.05, 0.1) is 7.11 Å². The molecule has 20 heavy (non-hydrogen) atoms. The fourth-order valence-electron chi connectivity index (χ4n) is 2.28. The normalized spacial score (nSPS) is 10.4. The Balaban J connectivity index is 2.28. The third-order valence-corrected chi connectivity index (χ3v) is 3.66. The van der Waals surface area contributed by atoms with Gasteiger partial charge in [-0.2, -0.15) is 0 Å². The third kappa shape index (κ3) is 3.06. The van der Waals surface area contributed by atoms with E-state index in [1.807, 2.05) is 43.4 Å². The van der Waals surface area contributed by atoms with E-state index in [4.69, 9.17) is 22.1 Å². The Hall–Kier alpha value is -1.71. The van der Waals surface area contributed by atoms with E-state index in [2.05, 4.69) is 11.0 Å². The van der Waals surface area contributed by atoms with Gasteiger partial charge < -0.3 is 15.4 Å². The summed E-state index contributed by atoms with van der Waals surface area (Å²) in [6.45, 7) is 1.16. The number of nitrogens with two attached hydrogens (primary N) is 1. The first kappa shape index (κ1) is 14.7. The van der Waals surface area contributed by atoms with Crippen molar-refractivity contribution in [1.82, 2.24) is 0 Å². The van der Waals surface area contributed by atoms with Gasteiger partial charge in [0.1, 0.15) is 5.75 Å². The molecule has 2 N–H and O–H groups in total. The van der Waals surface area contributed by atoms with Gasteiger partial charge in [-0.1, -0.05) is 35.9 Å². The monoisotopic (exact) mass is 290 g/mol. The summed E-state index contributed by atoms with van der Waals surface area (Å²) in [5.41, 5.74) is 8.94. The summed E-state index contributed by atoms with van der Waals surface area (Å²) < 4.78 is 5.38. The maximum atomic E-state index is 6.20. The molecule has 0 atom stereocenters. The van der Waals surface area contributed by atoms with Crippen molar-refractivity contribution < 1.29 is 4.74 Å². The molecule has 0 aromatic heterocycles. The fourth-order valence-corrected chi connectivity index (χ4v) is 2.53. The number of benzene rings is 2. The maximum absolute atomic E-state index is 6.20. The summed E-state index contributed by atoms with van der Waals surface area (Å²) in [5, 5.41) is 0.705. The van der Waals surface area contributed by atoms with Crippen LogP contribution in [0.5, 0.6) is 5.75 Å². The molecular formula is C16H19ClN2O. The highest BCUT2D eigenvalue weighted by Gasteiger charge is 2.11. The van der Waals surface area contributed by atoms with Crippen LogP contribution in [0.3, 0.4) is 0 Å². The number of hydrogen-bond acceptors (Lipinski definition) is 3. The molecule has 0 heterocycles. The molecule has 3 nitrogen and oxygen atoms in total.